The summed E-state index contributed by atoms with van der Waals surface area (Å²) in [6.07, 6.45) is 0.439. The smallest absolute Gasteiger partial charge is 0.295 e. The lowest BCUT2D eigenvalue weighted by Gasteiger charge is -2.27. The average Bonchev–Trinajstić information content (AvgIpc) is 2.98. The Morgan fingerprint density at radius 1 is 1.16 bits per heavy atom. The first-order valence-electron chi connectivity index (χ1n) is 10.1. The van der Waals surface area contributed by atoms with Gasteiger partial charge >= 0.3 is 0 Å². The van der Waals surface area contributed by atoms with Crippen molar-refractivity contribution in [3.05, 3.63) is 70.3 Å². The second kappa shape index (κ2) is 9.98. The number of nitrogens with zero attached hydrogens (tertiary/aromatic N) is 1. The standard InChI is InChI=1S/C24H26ClNO5/c1-15(2)31-19-11-5-4-10-18(19)21-20(22(27)16-8-6-9-17(25)14-16)23(28)24(29)26(21)12-7-13-30-3/h4-6,8-11,14-15,21,27H,7,12-13H2,1-3H3/b22-20-. The third-order valence-electron chi connectivity index (χ3n) is 4.96. The van der Waals surface area contributed by atoms with Crippen LogP contribution in [-0.4, -0.2) is 48.1 Å². The number of ketones is 1. The molecule has 1 aliphatic rings. The Kier molecular flexibility index (Phi) is 7.36. The molecule has 1 heterocycles. The van der Waals surface area contributed by atoms with Crippen molar-refractivity contribution >= 4 is 29.1 Å². The lowest BCUT2D eigenvalue weighted by molar-refractivity contribution is -0.140. The maximum atomic E-state index is 13.1. The number of halogens is 1. The maximum Gasteiger partial charge on any atom is 0.295 e. The SMILES string of the molecule is COCCCN1C(=O)C(=O)/C(=C(\O)c2cccc(Cl)c2)C1c1ccccc1OC(C)C. The van der Waals surface area contributed by atoms with Crippen molar-refractivity contribution in [2.75, 3.05) is 20.3 Å². The van der Waals surface area contributed by atoms with Gasteiger partial charge in [0.2, 0.25) is 0 Å². The van der Waals surface area contributed by atoms with Gasteiger partial charge in [0.1, 0.15) is 11.5 Å². The van der Waals surface area contributed by atoms with E-state index in [1.54, 1.807) is 37.4 Å². The fourth-order valence-corrected chi connectivity index (χ4v) is 3.86. The van der Waals surface area contributed by atoms with Crippen LogP contribution in [0.1, 0.15) is 37.4 Å². The van der Waals surface area contributed by atoms with Crippen LogP contribution in [0.3, 0.4) is 0 Å². The molecule has 1 atom stereocenters. The van der Waals surface area contributed by atoms with Gasteiger partial charge in [-0.15, -0.1) is 0 Å². The molecule has 0 aliphatic carbocycles. The van der Waals surface area contributed by atoms with Crippen LogP contribution in [0.5, 0.6) is 5.75 Å². The lowest BCUT2D eigenvalue weighted by Crippen LogP contribution is -2.31. The van der Waals surface area contributed by atoms with E-state index in [1.807, 2.05) is 32.0 Å². The van der Waals surface area contributed by atoms with E-state index < -0.39 is 17.7 Å². The highest BCUT2D eigenvalue weighted by Crippen LogP contribution is 2.43. The second-order valence-corrected chi connectivity index (χ2v) is 7.99. The van der Waals surface area contributed by atoms with E-state index in [-0.39, 0.29) is 17.4 Å². The average molecular weight is 444 g/mol. The monoisotopic (exact) mass is 443 g/mol. The molecule has 1 fully saturated rings. The minimum atomic E-state index is -0.786. The van der Waals surface area contributed by atoms with E-state index in [4.69, 9.17) is 21.1 Å². The number of aliphatic hydroxyl groups excluding tert-OH is 1. The molecule has 31 heavy (non-hydrogen) atoms. The summed E-state index contributed by atoms with van der Waals surface area (Å²) in [5, 5.41) is 11.5. The molecule has 1 saturated heterocycles. The zero-order valence-corrected chi connectivity index (χ0v) is 18.6. The van der Waals surface area contributed by atoms with Crippen LogP contribution in [0.25, 0.3) is 5.76 Å². The van der Waals surface area contributed by atoms with Gasteiger partial charge in [0.05, 0.1) is 17.7 Å². The van der Waals surface area contributed by atoms with Crippen LogP contribution in [0.15, 0.2) is 54.1 Å². The summed E-state index contributed by atoms with van der Waals surface area (Å²) in [6, 6.07) is 13.0. The fourth-order valence-electron chi connectivity index (χ4n) is 3.67. The highest BCUT2D eigenvalue weighted by atomic mass is 35.5. The number of hydrogen-bond acceptors (Lipinski definition) is 5. The number of ether oxygens (including phenoxy) is 2. The molecule has 0 radical (unpaired) electrons. The molecule has 1 amide bonds. The summed E-state index contributed by atoms with van der Waals surface area (Å²) in [6.45, 7) is 4.54. The molecular weight excluding hydrogens is 418 g/mol. The quantitative estimate of drug-likeness (QED) is 0.279. The fraction of sp³-hybridized carbons (Fsp3) is 0.333. The van der Waals surface area contributed by atoms with Crippen LogP contribution in [-0.2, 0) is 14.3 Å². The van der Waals surface area contributed by atoms with Crippen LogP contribution < -0.4 is 4.74 Å². The van der Waals surface area contributed by atoms with Crippen molar-refractivity contribution in [1.29, 1.82) is 0 Å². The zero-order chi connectivity index (χ0) is 22.5. The van der Waals surface area contributed by atoms with Crippen LogP contribution in [0.4, 0.5) is 0 Å². The molecule has 1 unspecified atom stereocenters. The lowest BCUT2D eigenvalue weighted by atomic mass is 9.94. The Morgan fingerprint density at radius 3 is 2.58 bits per heavy atom. The van der Waals surface area contributed by atoms with Crippen molar-refractivity contribution in [1.82, 2.24) is 4.90 Å². The molecule has 0 saturated carbocycles. The van der Waals surface area contributed by atoms with Crippen molar-refractivity contribution in [3.63, 3.8) is 0 Å². The molecule has 164 valence electrons. The first kappa shape index (κ1) is 22.8. The van der Waals surface area contributed by atoms with Gasteiger partial charge in [0.25, 0.3) is 11.7 Å². The summed E-state index contributed by atoms with van der Waals surface area (Å²) >= 11 is 6.08. The molecule has 7 heteroatoms. The molecule has 0 spiro atoms. The number of hydrogen-bond donors (Lipinski definition) is 1. The number of methoxy groups -OCH3 is 1. The first-order chi connectivity index (χ1) is 14.8. The Labute approximate surface area is 187 Å². The Balaban J connectivity index is 2.18. The van der Waals surface area contributed by atoms with Gasteiger partial charge < -0.3 is 19.5 Å². The highest BCUT2D eigenvalue weighted by molar-refractivity contribution is 6.46. The van der Waals surface area contributed by atoms with Gasteiger partial charge in [-0.2, -0.15) is 0 Å². The van der Waals surface area contributed by atoms with Crippen LogP contribution >= 0.6 is 11.6 Å². The number of amides is 1. The first-order valence-corrected chi connectivity index (χ1v) is 10.5. The summed E-state index contributed by atoms with van der Waals surface area (Å²) < 4.78 is 11.1. The van der Waals surface area contributed by atoms with Gasteiger partial charge in [0, 0.05) is 36.4 Å². The largest absolute Gasteiger partial charge is 0.507 e. The number of Topliss-reactive ketones (excluding diaryl/α,β-unsaturated/α-hetero) is 1. The molecule has 0 aromatic heterocycles. The number of rotatable bonds is 8. The van der Waals surface area contributed by atoms with E-state index in [1.165, 1.54) is 4.90 Å². The van der Waals surface area contributed by atoms with E-state index in [0.29, 0.717) is 41.5 Å². The third kappa shape index (κ3) is 4.92. The Morgan fingerprint density at radius 2 is 1.90 bits per heavy atom. The van der Waals surface area contributed by atoms with E-state index >= 15 is 0 Å². The summed E-state index contributed by atoms with van der Waals surface area (Å²) in [7, 11) is 1.58. The van der Waals surface area contributed by atoms with Gasteiger partial charge in [-0.3, -0.25) is 9.59 Å². The molecule has 2 aromatic carbocycles. The minimum Gasteiger partial charge on any atom is -0.507 e. The van der Waals surface area contributed by atoms with E-state index in [9.17, 15) is 14.7 Å². The predicted octanol–water partition coefficient (Wildman–Crippen LogP) is 4.59. The molecular formula is C24H26ClNO5. The normalized spacial score (nSPS) is 18.1. The maximum absolute atomic E-state index is 13.1. The van der Waals surface area contributed by atoms with Crippen molar-refractivity contribution in [2.45, 2.75) is 32.4 Å². The second-order valence-electron chi connectivity index (χ2n) is 7.55. The van der Waals surface area contributed by atoms with Crippen LogP contribution in [0, 0.1) is 0 Å². The number of aliphatic hydroxyl groups is 1. The number of carbonyl (C=O) groups excluding carboxylic acids is 2. The van der Waals surface area contributed by atoms with Gasteiger partial charge in [-0.05, 0) is 38.5 Å². The van der Waals surface area contributed by atoms with Gasteiger partial charge in [0.15, 0.2) is 0 Å². The molecule has 3 rings (SSSR count). The minimum absolute atomic E-state index is 0.0180. The van der Waals surface area contributed by atoms with Gasteiger partial charge in [-0.1, -0.05) is 41.9 Å². The summed E-state index contributed by atoms with van der Waals surface area (Å²) in [5.74, 6) is -1.11. The molecule has 2 aromatic rings. The van der Waals surface area contributed by atoms with E-state index in [0.717, 1.165) is 0 Å². The zero-order valence-electron chi connectivity index (χ0n) is 17.8. The molecule has 6 nitrogen and oxygen atoms in total. The number of benzene rings is 2. The number of carbonyl (C=O) groups is 2. The third-order valence-corrected chi connectivity index (χ3v) is 5.20. The van der Waals surface area contributed by atoms with E-state index in [2.05, 4.69) is 0 Å². The summed E-state index contributed by atoms with van der Waals surface area (Å²) in [4.78, 5) is 27.5. The topological polar surface area (TPSA) is 76.1 Å². The number of likely N-dealkylation sites (tertiary alicyclic amines) is 1. The molecule has 1 aliphatic heterocycles. The Bertz CT molecular complexity index is 1000. The van der Waals surface area contributed by atoms with Crippen molar-refractivity contribution in [3.8, 4) is 5.75 Å². The van der Waals surface area contributed by atoms with Gasteiger partial charge in [-0.25, -0.2) is 0 Å². The van der Waals surface area contributed by atoms with Crippen LogP contribution in [0.2, 0.25) is 5.02 Å². The summed E-state index contributed by atoms with van der Waals surface area (Å²) in [5.41, 5.74) is 1.02. The molecule has 1 N–H and O–H groups in total. The molecule has 0 bridgehead atoms. The number of para-hydroxylation sites is 1. The van der Waals surface area contributed by atoms with Crippen molar-refractivity contribution in [2.24, 2.45) is 0 Å². The highest BCUT2D eigenvalue weighted by Gasteiger charge is 2.46. The van der Waals surface area contributed by atoms with Crippen molar-refractivity contribution < 1.29 is 24.2 Å². The Hall–Kier alpha value is -2.83. The predicted molar refractivity (Wildman–Crippen MR) is 119 cm³/mol.